The van der Waals surface area contributed by atoms with Crippen LogP contribution in [0.25, 0.3) is 0 Å². The van der Waals surface area contributed by atoms with Gasteiger partial charge in [-0.2, -0.15) is 0 Å². The zero-order valence-electron chi connectivity index (χ0n) is 18.8. The molecule has 2 amide bonds. The topological polar surface area (TPSA) is 88.7 Å². The minimum atomic E-state index is -0.424. The number of hydrazine groups is 1. The molecule has 0 saturated heterocycles. The summed E-state index contributed by atoms with van der Waals surface area (Å²) in [4.78, 5) is 24.9. The maximum atomic E-state index is 12.5. The van der Waals surface area contributed by atoms with Gasteiger partial charge in [0.1, 0.15) is 11.5 Å². The summed E-state index contributed by atoms with van der Waals surface area (Å²) in [6.45, 7) is 7.50. The molecule has 0 unspecified atom stereocenters. The first-order valence-corrected chi connectivity index (χ1v) is 11.2. The summed E-state index contributed by atoms with van der Waals surface area (Å²) < 4.78 is 11.3. The number of carbonyl (C=O) groups excluding carboxylic acids is 2. The number of amides is 2. The summed E-state index contributed by atoms with van der Waals surface area (Å²) in [5.41, 5.74) is 5.81. The number of unbranched alkanes of at least 4 members (excludes halogenated alkanes) is 1. The Morgan fingerprint density at radius 1 is 0.938 bits per heavy atom. The summed E-state index contributed by atoms with van der Waals surface area (Å²) in [7, 11) is 0. The molecule has 8 heteroatoms. The van der Waals surface area contributed by atoms with E-state index in [1.807, 2.05) is 0 Å². The molecule has 0 saturated carbocycles. The van der Waals surface area contributed by atoms with Gasteiger partial charge in [0.25, 0.3) is 11.8 Å². The van der Waals surface area contributed by atoms with E-state index in [0.29, 0.717) is 41.8 Å². The molecule has 3 N–H and O–H groups in total. The number of hydrogen-bond donors (Lipinski definition) is 3. The normalized spacial score (nSPS) is 10.4. The number of benzene rings is 2. The molecule has 7 nitrogen and oxygen atoms in total. The Labute approximate surface area is 194 Å². The van der Waals surface area contributed by atoms with Crippen LogP contribution in [0.3, 0.4) is 0 Å². The van der Waals surface area contributed by atoms with E-state index in [1.54, 1.807) is 48.5 Å². The fourth-order valence-corrected chi connectivity index (χ4v) is 2.75. The quantitative estimate of drug-likeness (QED) is 0.281. The standard InChI is InChI=1S/C24H31N3O4S/c1-4-5-15-31-21-9-7-6-8-20(21)23(29)25-24(32)27-26-22(28)18-10-12-19(13-11-18)30-16-14-17(2)3/h6-13,17H,4-5,14-16H2,1-3H3,(H,26,28)(H2,25,27,29,32). The second kappa shape index (κ2) is 13.3. The van der Waals surface area contributed by atoms with Crippen molar-refractivity contribution in [3.05, 3.63) is 59.7 Å². The third-order valence-corrected chi connectivity index (χ3v) is 4.69. The number of nitrogens with one attached hydrogen (secondary N) is 3. The van der Waals surface area contributed by atoms with Crippen LogP contribution < -0.4 is 25.6 Å². The van der Waals surface area contributed by atoms with Crippen LogP contribution in [0.1, 0.15) is 60.7 Å². The first-order valence-electron chi connectivity index (χ1n) is 10.8. The average molecular weight is 458 g/mol. The lowest BCUT2D eigenvalue weighted by Crippen LogP contribution is -2.48. The molecule has 0 atom stereocenters. The van der Waals surface area contributed by atoms with Gasteiger partial charge >= 0.3 is 0 Å². The second-order valence-corrected chi connectivity index (χ2v) is 8.02. The van der Waals surface area contributed by atoms with Gasteiger partial charge in [0.05, 0.1) is 18.8 Å². The summed E-state index contributed by atoms with van der Waals surface area (Å²) in [5, 5.41) is 2.51. The molecule has 0 aliphatic carbocycles. The van der Waals surface area contributed by atoms with E-state index >= 15 is 0 Å². The van der Waals surface area contributed by atoms with E-state index in [2.05, 4.69) is 36.9 Å². The molecule has 0 aliphatic rings. The average Bonchev–Trinajstić information content (AvgIpc) is 2.78. The summed E-state index contributed by atoms with van der Waals surface area (Å²) >= 11 is 5.12. The lowest BCUT2D eigenvalue weighted by Gasteiger charge is -2.13. The smallest absolute Gasteiger partial charge is 0.269 e. The van der Waals surface area contributed by atoms with Crippen molar-refractivity contribution in [3.8, 4) is 11.5 Å². The molecule has 2 aromatic rings. The Morgan fingerprint density at radius 3 is 2.34 bits per heavy atom. The SMILES string of the molecule is CCCCOc1ccccc1C(=O)NC(=S)NNC(=O)c1ccc(OCCC(C)C)cc1. The van der Waals surface area contributed by atoms with E-state index in [-0.39, 0.29) is 5.11 Å². The Hall–Kier alpha value is -3.13. The maximum Gasteiger partial charge on any atom is 0.269 e. The lowest BCUT2D eigenvalue weighted by molar-refractivity contribution is 0.0933. The summed E-state index contributed by atoms with van der Waals surface area (Å²) in [5.74, 6) is 0.946. The molecule has 172 valence electrons. The van der Waals surface area contributed by atoms with Gasteiger partial charge in [0, 0.05) is 5.56 Å². The predicted octanol–water partition coefficient (Wildman–Crippen LogP) is 4.24. The van der Waals surface area contributed by atoms with Crippen LogP contribution in [0, 0.1) is 5.92 Å². The zero-order valence-corrected chi connectivity index (χ0v) is 19.6. The van der Waals surface area contributed by atoms with Crippen molar-refractivity contribution < 1.29 is 19.1 Å². The highest BCUT2D eigenvalue weighted by atomic mass is 32.1. The first kappa shape index (κ1) is 25.1. The first-order chi connectivity index (χ1) is 15.4. The van der Waals surface area contributed by atoms with Crippen molar-refractivity contribution in [1.82, 2.24) is 16.2 Å². The molecule has 2 aromatic carbocycles. The molecule has 0 spiro atoms. The van der Waals surface area contributed by atoms with E-state index in [1.165, 1.54) is 0 Å². The van der Waals surface area contributed by atoms with Crippen molar-refractivity contribution in [1.29, 1.82) is 0 Å². The fourth-order valence-electron chi connectivity index (χ4n) is 2.61. The number of para-hydroxylation sites is 1. The van der Waals surface area contributed by atoms with Crippen LogP contribution in [0.5, 0.6) is 11.5 Å². The van der Waals surface area contributed by atoms with Gasteiger partial charge in [-0.1, -0.05) is 39.3 Å². The van der Waals surface area contributed by atoms with Crippen LogP contribution in [0.4, 0.5) is 0 Å². The van der Waals surface area contributed by atoms with Crippen molar-refractivity contribution in [2.45, 2.75) is 40.0 Å². The zero-order chi connectivity index (χ0) is 23.3. The second-order valence-electron chi connectivity index (χ2n) is 7.62. The van der Waals surface area contributed by atoms with Gasteiger partial charge in [-0.05, 0) is 67.4 Å². The highest BCUT2D eigenvalue weighted by Gasteiger charge is 2.14. The van der Waals surface area contributed by atoms with Crippen LogP contribution in [-0.4, -0.2) is 30.1 Å². The van der Waals surface area contributed by atoms with Gasteiger partial charge < -0.3 is 9.47 Å². The molecule has 0 aliphatic heterocycles. The molecule has 32 heavy (non-hydrogen) atoms. The van der Waals surface area contributed by atoms with E-state index < -0.39 is 11.8 Å². The largest absolute Gasteiger partial charge is 0.494 e. The molecule has 2 rings (SSSR count). The van der Waals surface area contributed by atoms with Gasteiger partial charge in [0.2, 0.25) is 0 Å². The molecule has 0 heterocycles. The third kappa shape index (κ3) is 8.55. The van der Waals surface area contributed by atoms with Crippen LogP contribution in [-0.2, 0) is 0 Å². The van der Waals surface area contributed by atoms with Crippen molar-refractivity contribution >= 4 is 29.1 Å². The van der Waals surface area contributed by atoms with Crippen LogP contribution >= 0.6 is 12.2 Å². The Kier molecular flexibility index (Phi) is 10.5. The molecule has 0 bridgehead atoms. The van der Waals surface area contributed by atoms with Gasteiger partial charge in [-0.25, -0.2) is 0 Å². The number of carbonyl (C=O) groups is 2. The Balaban J connectivity index is 1.82. The molecular weight excluding hydrogens is 426 g/mol. The molecule has 0 fully saturated rings. The lowest BCUT2D eigenvalue weighted by atomic mass is 10.1. The van der Waals surface area contributed by atoms with Gasteiger partial charge in [-0.3, -0.25) is 25.8 Å². The monoisotopic (exact) mass is 457 g/mol. The van der Waals surface area contributed by atoms with E-state index in [9.17, 15) is 9.59 Å². The van der Waals surface area contributed by atoms with Gasteiger partial charge in [0.15, 0.2) is 5.11 Å². The molecule has 0 aromatic heterocycles. The maximum absolute atomic E-state index is 12.5. The van der Waals surface area contributed by atoms with E-state index in [4.69, 9.17) is 21.7 Å². The number of hydrogen-bond acceptors (Lipinski definition) is 5. The van der Waals surface area contributed by atoms with Crippen LogP contribution in [0.2, 0.25) is 0 Å². The minimum absolute atomic E-state index is 0.0275. The summed E-state index contributed by atoms with van der Waals surface area (Å²) in [6.07, 6.45) is 2.85. The number of rotatable bonds is 10. The minimum Gasteiger partial charge on any atom is -0.494 e. The van der Waals surface area contributed by atoms with Crippen molar-refractivity contribution in [2.75, 3.05) is 13.2 Å². The van der Waals surface area contributed by atoms with Crippen molar-refractivity contribution in [2.24, 2.45) is 5.92 Å². The molecule has 0 radical (unpaired) electrons. The molecular formula is C24H31N3O4S. The van der Waals surface area contributed by atoms with E-state index in [0.717, 1.165) is 19.3 Å². The fraction of sp³-hybridized carbons (Fsp3) is 0.375. The Morgan fingerprint density at radius 2 is 1.66 bits per heavy atom. The third-order valence-electron chi connectivity index (χ3n) is 4.48. The highest BCUT2D eigenvalue weighted by molar-refractivity contribution is 7.80. The highest BCUT2D eigenvalue weighted by Crippen LogP contribution is 2.18. The number of thiocarbonyl (C=S) groups is 1. The Bertz CT molecular complexity index is 900. The summed E-state index contributed by atoms with van der Waals surface area (Å²) in [6, 6.07) is 13.7. The van der Waals surface area contributed by atoms with Gasteiger partial charge in [-0.15, -0.1) is 0 Å². The predicted molar refractivity (Wildman–Crippen MR) is 129 cm³/mol. The van der Waals surface area contributed by atoms with Crippen molar-refractivity contribution in [3.63, 3.8) is 0 Å². The number of ether oxygens (including phenoxy) is 2. The van der Waals surface area contributed by atoms with Crippen LogP contribution in [0.15, 0.2) is 48.5 Å².